The van der Waals surface area contributed by atoms with E-state index in [2.05, 4.69) is 5.32 Å². The van der Waals surface area contributed by atoms with Crippen LogP contribution in [0.15, 0.2) is 18.8 Å². The van der Waals surface area contributed by atoms with E-state index in [9.17, 15) is 14.7 Å². The lowest BCUT2D eigenvalue weighted by Crippen LogP contribution is -2.51. The number of hydrogen-bond donors (Lipinski definition) is 5. The first kappa shape index (κ1) is 21.5. The molecule has 0 aliphatic heterocycles. The fraction of sp³-hybridized carbons (Fsp3) is 0.538. The van der Waals surface area contributed by atoms with Gasteiger partial charge in [-0.1, -0.05) is 22.6 Å². The SMILES string of the molecule is NC(=O)C1(CC(O)CO)C(I)=CC(I)=C(C(=O)NCCO)C1I. The van der Waals surface area contributed by atoms with Crippen LogP contribution < -0.4 is 11.1 Å². The molecular formula is C13H17I3N2O5. The van der Waals surface area contributed by atoms with Gasteiger partial charge in [0.05, 0.1) is 28.7 Å². The number of hydrogen-bond acceptors (Lipinski definition) is 5. The Balaban J connectivity index is 3.33. The maximum absolute atomic E-state index is 12.4. The zero-order valence-electron chi connectivity index (χ0n) is 11.9. The van der Waals surface area contributed by atoms with Crippen molar-refractivity contribution in [2.75, 3.05) is 19.8 Å². The van der Waals surface area contributed by atoms with Crippen LogP contribution in [0, 0.1) is 5.41 Å². The van der Waals surface area contributed by atoms with E-state index in [1.807, 2.05) is 67.8 Å². The van der Waals surface area contributed by atoms with Gasteiger partial charge in [0.2, 0.25) is 11.8 Å². The summed E-state index contributed by atoms with van der Waals surface area (Å²) >= 11 is 5.96. The van der Waals surface area contributed by atoms with Gasteiger partial charge >= 0.3 is 0 Å². The first-order valence-corrected chi connectivity index (χ1v) is 10.0. The second-order valence-corrected chi connectivity index (χ2v) is 8.54. The van der Waals surface area contributed by atoms with Crippen LogP contribution in [-0.2, 0) is 9.59 Å². The smallest absolute Gasteiger partial charge is 0.249 e. The first-order chi connectivity index (χ1) is 10.7. The van der Waals surface area contributed by atoms with Crippen molar-refractivity contribution >= 4 is 79.6 Å². The third kappa shape index (κ3) is 4.56. The Morgan fingerprint density at radius 3 is 2.48 bits per heavy atom. The standard InChI is InChI=1S/C13H17I3N2O5/c14-7-3-8(15)13(12(17)23,4-6(21)5-20)10(16)9(7)11(22)18-1-2-19/h3,6,10,19-21H,1-2,4-5H2,(H2,17,23)(H,18,22). The normalized spacial score (nSPS) is 25.8. The van der Waals surface area contributed by atoms with Gasteiger partial charge in [-0.2, -0.15) is 0 Å². The molecule has 130 valence electrons. The zero-order valence-corrected chi connectivity index (χ0v) is 18.4. The molecule has 0 saturated heterocycles. The van der Waals surface area contributed by atoms with E-state index in [-0.39, 0.29) is 19.6 Å². The van der Waals surface area contributed by atoms with Gasteiger partial charge in [-0.25, -0.2) is 0 Å². The van der Waals surface area contributed by atoms with Crippen molar-refractivity contribution in [3.05, 3.63) is 18.8 Å². The number of halogens is 3. The van der Waals surface area contributed by atoms with Crippen molar-refractivity contribution < 1.29 is 24.9 Å². The Morgan fingerprint density at radius 1 is 1.39 bits per heavy atom. The van der Waals surface area contributed by atoms with E-state index in [0.717, 1.165) is 0 Å². The van der Waals surface area contributed by atoms with Crippen LogP contribution in [0.5, 0.6) is 0 Å². The highest BCUT2D eigenvalue weighted by atomic mass is 127. The lowest BCUT2D eigenvalue weighted by atomic mass is 9.73. The lowest BCUT2D eigenvalue weighted by molar-refractivity contribution is -0.127. The maximum Gasteiger partial charge on any atom is 0.249 e. The molecule has 0 aromatic carbocycles. The summed E-state index contributed by atoms with van der Waals surface area (Å²) in [5.41, 5.74) is 4.71. The van der Waals surface area contributed by atoms with Crippen molar-refractivity contribution in [2.45, 2.75) is 16.4 Å². The number of allylic oxidation sites excluding steroid dienone is 2. The zero-order chi connectivity index (χ0) is 17.8. The molecule has 1 rings (SSSR count). The number of nitrogens with two attached hydrogens (primary N) is 1. The summed E-state index contributed by atoms with van der Waals surface area (Å²) in [5, 5.41) is 30.4. The van der Waals surface area contributed by atoms with E-state index in [1.165, 1.54) is 0 Å². The average molecular weight is 662 g/mol. The van der Waals surface area contributed by atoms with Gasteiger partial charge in [0.15, 0.2) is 0 Å². The molecular weight excluding hydrogens is 645 g/mol. The quantitative estimate of drug-likeness (QED) is 0.196. The molecule has 0 fully saturated rings. The molecule has 0 saturated carbocycles. The minimum atomic E-state index is -1.27. The molecule has 2 amide bonds. The number of primary amides is 1. The lowest BCUT2D eigenvalue weighted by Gasteiger charge is -2.40. The van der Waals surface area contributed by atoms with Gasteiger partial charge in [0.1, 0.15) is 0 Å². The Hall–Kier alpha value is 0.490. The van der Waals surface area contributed by atoms with Crippen molar-refractivity contribution in [3.63, 3.8) is 0 Å². The summed E-state index contributed by atoms with van der Waals surface area (Å²) < 4.78 is 0.663. The molecule has 3 atom stereocenters. The Kier molecular flexibility index (Phi) is 8.67. The highest BCUT2D eigenvalue weighted by Crippen LogP contribution is 2.51. The number of nitrogens with one attached hydrogen (secondary N) is 1. The summed E-state index contributed by atoms with van der Waals surface area (Å²) in [6.07, 6.45) is 0.469. The third-order valence-electron chi connectivity index (χ3n) is 3.47. The molecule has 0 aromatic rings. The number of aliphatic hydroxyl groups excluding tert-OH is 3. The predicted octanol–water partition coefficient (Wildman–Crippen LogP) is 0.135. The minimum absolute atomic E-state index is 0.0814. The number of amides is 2. The minimum Gasteiger partial charge on any atom is -0.395 e. The molecule has 1 aliphatic rings. The van der Waals surface area contributed by atoms with E-state index in [4.69, 9.17) is 15.9 Å². The number of rotatable bonds is 7. The van der Waals surface area contributed by atoms with Crippen molar-refractivity contribution in [1.82, 2.24) is 5.32 Å². The molecule has 3 unspecified atom stereocenters. The van der Waals surface area contributed by atoms with Crippen LogP contribution >= 0.6 is 67.8 Å². The van der Waals surface area contributed by atoms with Crippen LogP contribution in [0.3, 0.4) is 0 Å². The summed E-state index contributed by atoms with van der Waals surface area (Å²) in [7, 11) is 0. The predicted molar refractivity (Wildman–Crippen MR) is 110 cm³/mol. The monoisotopic (exact) mass is 662 g/mol. The fourth-order valence-electron chi connectivity index (χ4n) is 2.27. The van der Waals surface area contributed by atoms with E-state index < -0.39 is 33.9 Å². The number of carbonyl (C=O) groups excluding carboxylic acids is 2. The van der Waals surface area contributed by atoms with Crippen LogP contribution in [0.2, 0.25) is 0 Å². The molecule has 6 N–H and O–H groups in total. The van der Waals surface area contributed by atoms with E-state index >= 15 is 0 Å². The van der Waals surface area contributed by atoms with Crippen LogP contribution in [0.1, 0.15) is 6.42 Å². The molecule has 0 spiro atoms. The maximum atomic E-state index is 12.4. The van der Waals surface area contributed by atoms with Gasteiger partial charge in [-0.3, -0.25) is 9.59 Å². The van der Waals surface area contributed by atoms with Gasteiger partial charge < -0.3 is 26.4 Å². The van der Waals surface area contributed by atoms with E-state index in [0.29, 0.717) is 12.7 Å². The van der Waals surface area contributed by atoms with Crippen molar-refractivity contribution in [3.8, 4) is 0 Å². The Morgan fingerprint density at radius 2 is 2.00 bits per heavy atom. The summed E-state index contributed by atoms with van der Waals surface area (Å²) in [4.78, 5) is 24.6. The van der Waals surface area contributed by atoms with Gasteiger partial charge in [0, 0.05) is 19.3 Å². The van der Waals surface area contributed by atoms with Gasteiger partial charge in [0.25, 0.3) is 0 Å². The Bertz CT molecular complexity index is 552. The number of aliphatic hydroxyl groups is 3. The largest absolute Gasteiger partial charge is 0.395 e. The fourth-order valence-corrected chi connectivity index (χ4v) is 7.55. The highest BCUT2D eigenvalue weighted by Gasteiger charge is 2.52. The van der Waals surface area contributed by atoms with Gasteiger partial charge in [-0.05, 0) is 57.7 Å². The average Bonchev–Trinajstić information content (AvgIpc) is 2.48. The molecule has 0 bridgehead atoms. The van der Waals surface area contributed by atoms with Crippen LogP contribution in [0.4, 0.5) is 0 Å². The molecule has 0 aromatic heterocycles. The molecule has 23 heavy (non-hydrogen) atoms. The van der Waals surface area contributed by atoms with Gasteiger partial charge in [-0.15, -0.1) is 0 Å². The summed E-state index contributed by atoms with van der Waals surface area (Å²) in [6.45, 7) is -0.604. The summed E-state index contributed by atoms with van der Waals surface area (Å²) in [6, 6.07) is 0. The topological polar surface area (TPSA) is 133 Å². The second-order valence-electron chi connectivity index (χ2n) is 4.97. The molecule has 7 nitrogen and oxygen atoms in total. The number of carbonyl (C=O) groups is 2. The van der Waals surface area contributed by atoms with Crippen molar-refractivity contribution in [2.24, 2.45) is 11.1 Å². The summed E-state index contributed by atoms with van der Waals surface area (Å²) in [5.74, 6) is -1.06. The van der Waals surface area contributed by atoms with Crippen molar-refractivity contribution in [1.29, 1.82) is 0 Å². The second kappa shape index (κ2) is 9.26. The molecule has 1 aliphatic carbocycles. The third-order valence-corrected chi connectivity index (χ3v) is 7.33. The van der Waals surface area contributed by atoms with Crippen LogP contribution in [0.25, 0.3) is 0 Å². The highest BCUT2D eigenvalue weighted by molar-refractivity contribution is 14.1. The van der Waals surface area contributed by atoms with E-state index in [1.54, 1.807) is 6.08 Å². The van der Waals surface area contributed by atoms with Crippen LogP contribution in [-0.4, -0.2) is 56.9 Å². The molecule has 10 heteroatoms. The Labute approximate surface area is 174 Å². The number of alkyl halides is 1. The molecule has 0 heterocycles. The molecule has 0 radical (unpaired) electrons. The first-order valence-electron chi connectivity index (χ1n) is 6.61.